The predicted molar refractivity (Wildman–Crippen MR) is 68.1 cm³/mol. The van der Waals surface area contributed by atoms with Crippen LogP contribution in [0.15, 0.2) is 6.20 Å². The molecule has 1 fully saturated rings. The molecule has 1 aliphatic rings. The van der Waals surface area contributed by atoms with Crippen LogP contribution in [0.5, 0.6) is 0 Å². The zero-order valence-corrected chi connectivity index (χ0v) is 11.9. The SMILES string of the molecule is CC(=O)N[C@@H]1CC[C@H](C(F)(F)F)N(Cc2cnnn2C)C1. The molecule has 1 saturated heterocycles. The Balaban J connectivity index is 2.13. The molecular weight excluding hydrogens is 287 g/mol. The minimum atomic E-state index is -4.28. The lowest BCUT2D eigenvalue weighted by atomic mass is 9.97. The Labute approximate surface area is 120 Å². The van der Waals surface area contributed by atoms with Crippen LogP contribution in [-0.4, -0.2) is 50.6 Å². The smallest absolute Gasteiger partial charge is 0.352 e. The summed E-state index contributed by atoms with van der Waals surface area (Å²) >= 11 is 0. The average molecular weight is 305 g/mol. The average Bonchev–Trinajstić information content (AvgIpc) is 2.73. The van der Waals surface area contributed by atoms with Crippen molar-refractivity contribution in [2.75, 3.05) is 6.54 Å². The lowest BCUT2D eigenvalue weighted by molar-refractivity contribution is -0.194. The molecule has 2 atom stereocenters. The Morgan fingerprint density at radius 1 is 1.48 bits per heavy atom. The van der Waals surface area contributed by atoms with Crippen molar-refractivity contribution in [3.05, 3.63) is 11.9 Å². The standard InChI is InChI=1S/C12H18F3N5O/c1-8(21)17-9-3-4-11(12(13,14)15)20(6-9)7-10-5-16-18-19(10)2/h5,9,11H,3-4,6-7H2,1-2H3,(H,17,21)/t9-,11-/m1/s1. The highest BCUT2D eigenvalue weighted by molar-refractivity contribution is 5.73. The van der Waals surface area contributed by atoms with Gasteiger partial charge in [0.15, 0.2) is 0 Å². The first-order valence-electron chi connectivity index (χ1n) is 6.69. The number of likely N-dealkylation sites (tertiary alicyclic amines) is 1. The van der Waals surface area contributed by atoms with Gasteiger partial charge in [-0.1, -0.05) is 5.21 Å². The van der Waals surface area contributed by atoms with E-state index in [4.69, 9.17) is 0 Å². The van der Waals surface area contributed by atoms with Gasteiger partial charge in [0.2, 0.25) is 5.91 Å². The van der Waals surface area contributed by atoms with Crippen molar-refractivity contribution in [2.45, 2.75) is 44.6 Å². The quantitative estimate of drug-likeness (QED) is 0.899. The maximum atomic E-state index is 13.1. The Morgan fingerprint density at radius 3 is 2.71 bits per heavy atom. The van der Waals surface area contributed by atoms with Gasteiger partial charge >= 0.3 is 6.18 Å². The van der Waals surface area contributed by atoms with Gasteiger partial charge in [-0.2, -0.15) is 13.2 Å². The third kappa shape index (κ3) is 3.93. The number of alkyl halides is 3. The molecule has 0 bridgehead atoms. The topological polar surface area (TPSA) is 63.1 Å². The van der Waals surface area contributed by atoms with E-state index in [0.717, 1.165) is 0 Å². The summed E-state index contributed by atoms with van der Waals surface area (Å²) in [4.78, 5) is 12.4. The third-order valence-corrected chi connectivity index (χ3v) is 3.64. The number of carbonyl (C=O) groups excluding carboxylic acids is 1. The van der Waals surface area contributed by atoms with Gasteiger partial charge in [0.05, 0.1) is 11.9 Å². The van der Waals surface area contributed by atoms with Crippen LogP contribution in [0, 0.1) is 0 Å². The number of aryl methyl sites for hydroxylation is 1. The first-order chi connectivity index (χ1) is 9.77. The van der Waals surface area contributed by atoms with Crippen LogP contribution in [0.4, 0.5) is 13.2 Å². The molecule has 0 spiro atoms. The van der Waals surface area contributed by atoms with E-state index in [1.165, 1.54) is 22.7 Å². The van der Waals surface area contributed by atoms with E-state index >= 15 is 0 Å². The highest BCUT2D eigenvalue weighted by atomic mass is 19.4. The second-order valence-electron chi connectivity index (χ2n) is 5.31. The van der Waals surface area contributed by atoms with Crippen molar-refractivity contribution in [3.63, 3.8) is 0 Å². The molecule has 2 rings (SSSR count). The van der Waals surface area contributed by atoms with E-state index in [1.807, 2.05) is 0 Å². The number of piperidine rings is 1. The van der Waals surface area contributed by atoms with Gasteiger partial charge in [0.1, 0.15) is 6.04 Å². The Hall–Kier alpha value is -1.64. The summed E-state index contributed by atoms with van der Waals surface area (Å²) < 4.78 is 40.9. The number of amides is 1. The summed E-state index contributed by atoms with van der Waals surface area (Å²) in [6.07, 6.45) is -2.54. The van der Waals surface area contributed by atoms with Crippen molar-refractivity contribution in [1.82, 2.24) is 25.2 Å². The summed E-state index contributed by atoms with van der Waals surface area (Å²) in [6.45, 7) is 1.63. The molecule has 0 aliphatic carbocycles. The van der Waals surface area contributed by atoms with Crippen LogP contribution < -0.4 is 5.32 Å². The molecule has 2 heterocycles. The van der Waals surface area contributed by atoms with Crippen molar-refractivity contribution in [1.29, 1.82) is 0 Å². The van der Waals surface area contributed by atoms with Gasteiger partial charge in [-0.15, -0.1) is 5.10 Å². The van der Waals surface area contributed by atoms with E-state index in [-0.39, 0.29) is 31.5 Å². The van der Waals surface area contributed by atoms with Crippen LogP contribution in [0.2, 0.25) is 0 Å². The fourth-order valence-corrected chi connectivity index (χ4v) is 2.66. The third-order valence-electron chi connectivity index (χ3n) is 3.64. The van der Waals surface area contributed by atoms with Gasteiger partial charge in [0.25, 0.3) is 0 Å². The Morgan fingerprint density at radius 2 is 2.19 bits per heavy atom. The van der Waals surface area contributed by atoms with E-state index in [2.05, 4.69) is 15.6 Å². The zero-order chi connectivity index (χ0) is 15.6. The fraction of sp³-hybridized carbons (Fsp3) is 0.750. The number of rotatable bonds is 3. The maximum absolute atomic E-state index is 13.1. The largest absolute Gasteiger partial charge is 0.404 e. The lowest BCUT2D eigenvalue weighted by Gasteiger charge is -2.40. The summed E-state index contributed by atoms with van der Waals surface area (Å²) in [6, 6.07) is -1.76. The molecule has 1 aromatic heterocycles. The molecule has 0 saturated carbocycles. The van der Waals surface area contributed by atoms with Crippen molar-refractivity contribution in [2.24, 2.45) is 7.05 Å². The molecule has 1 N–H and O–H groups in total. The zero-order valence-electron chi connectivity index (χ0n) is 11.9. The van der Waals surface area contributed by atoms with Gasteiger partial charge < -0.3 is 5.32 Å². The van der Waals surface area contributed by atoms with Gasteiger partial charge in [-0.3, -0.25) is 14.4 Å². The minimum Gasteiger partial charge on any atom is -0.352 e. The minimum absolute atomic E-state index is 0.0280. The van der Waals surface area contributed by atoms with Crippen LogP contribution in [0.25, 0.3) is 0 Å². The fourth-order valence-electron chi connectivity index (χ4n) is 2.66. The van der Waals surface area contributed by atoms with Crippen LogP contribution >= 0.6 is 0 Å². The first-order valence-corrected chi connectivity index (χ1v) is 6.69. The number of aromatic nitrogens is 3. The lowest BCUT2D eigenvalue weighted by Crippen LogP contribution is -2.55. The van der Waals surface area contributed by atoms with Crippen LogP contribution in [0.3, 0.4) is 0 Å². The number of hydrogen-bond acceptors (Lipinski definition) is 4. The molecule has 9 heteroatoms. The summed E-state index contributed by atoms with van der Waals surface area (Å²) in [5.41, 5.74) is 0.604. The highest BCUT2D eigenvalue weighted by Crippen LogP contribution is 2.32. The monoisotopic (exact) mass is 305 g/mol. The summed E-state index contributed by atoms with van der Waals surface area (Å²) in [5.74, 6) is -0.229. The second-order valence-corrected chi connectivity index (χ2v) is 5.31. The summed E-state index contributed by atoms with van der Waals surface area (Å²) in [5, 5.41) is 10.1. The molecule has 1 aliphatic heterocycles. The highest BCUT2D eigenvalue weighted by Gasteiger charge is 2.46. The van der Waals surface area contributed by atoms with E-state index < -0.39 is 12.2 Å². The maximum Gasteiger partial charge on any atom is 0.404 e. The number of carbonyl (C=O) groups is 1. The molecular formula is C12H18F3N5O. The van der Waals surface area contributed by atoms with Crippen LogP contribution in [0.1, 0.15) is 25.5 Å². The summed E-state index contributed by atoms with van der Waals surface area (Å²) in [7, 11) is 1.64. The molecule has 1 amide bonds. The van der Waals surface area contributed by atoms with Crippen LogP contribution in [-0.2, 0) is 18.4 Å². The Kier molecular flexibility index (Phi) is 4.50. The van der Waals surface area contributed by atoms with E-state index in [1.54, 1.807) is 7.05 Å². The molecule has 21 heavy (non-hydrogen) atoms. The Bertz CT molecular complexity index is 501. The first kappa shape index (κ1) is 15.7. The number of hydrogen-bond donors (Lipinski definition) is 1. The van der Waals surface area contributed by atoms with Gasteiger partial charge in [-0.05, 0) is 12.8 Å². The molecule has 6 nitrogen and oxygen atoms in total. The predicted octanol–water partition coefficient (Wildman–Crippen LogP) is 0.846. The van der Waals surface area contributed by atoms with Crippen molar-refractivity contribution >= 4 is 5.91 Å². The normalized spacial score (nSPS) is 24.0. The molecule has 118 valence electrons. The molecule has 0 aromatic carbocycles. The van der Waals surface area contributed by atoms with E-state index in [0.29, 0.717) is 12.1 Å². The number of nitrogens with zero attached hydrogens (tertiary/aromatic N) is 4. The number of halogens is 3. The molecule has 0 radical (unpaired) electrons. The van der Waals surface area contributed by atoms with Gasteiger partial charge in [-0.25, -0.2) is 0 Å². The van der Waals surface area contributed by atoms with Gasteiger partial charge in [0, 0.05) is 33.1 Å². The number of nitrogens with one attached hydrogen (secondary N) is 1. The van der Waals surface area contributed by atoms with Crippen molar-refractivity contribution < 1.29 is 18.0 Å². The molecule has 0 unspecified atom stereocenters. The van der Waals surface area contributed by atoms with Crippen molar-refractivity contribution in [3.8, 4) is 0 Å². The van der Waals surface area contributed by atoms with E-state index in [9.17, 15) is 18.0 Å². The molecule has 1 aromatic rings. The second kappa shape index (κ2) is 6.00.